The molecule has 4 heteroatoms. The monoisotopic (exact) mass is 352 g/mol. The van der Waals surface area contributed by atoms with Crippen molar-refractivity contribution >= 4 is 11.8 Å². The van der Waals surface area contributed by atoms with E-state index in [2.05, 4.69) is 5.32 Å². The van der Waals surface area contributed by atoms with Crippen molar-refractivity contribution in [2.75, 3.05) is 7.05 Å². The molecule has 2 amide bonds. The third-order valence-electron chi connectivity index (χ3n) is 4.54. The number of nitrogens with one attached hydrogen (secondary N) is 1. The van der Waals surface area contributed by atoms with E-state index in [1.54, 1.807) is 11.9 Å². The number of hydrogen-bond acceptors (Lipinski definition) is 2. The number of hydrogen-bond donors (Lipinski definition) is 1. The molecule has 2 rings (SSSR count). The highest BCUT2D eigenvalue weighted by Gasteiger charge is 2.27. The van der Waals surface area contributed by atoms with E-state index in [1.165, 1.54) is 5.56 Å². The third kappa shape index (κ3) is 5.19. The molecule has 1 unspecified atom stereocenters. The Labute approximate surface area is 156 Å². The summed E-state index contributed by atoms with van der Waals surface area (Å²) in [6.07, 6.45) is 0.867. The normalized spacial score (nSPS) is 11.7. The number of nitrogens with zero attached hydrogens (tertiary/aromatic N) is 1. The Morgan fingerprint density at radius 2 is 1.69 bits per heavy atom. The van der Waals surface area contributed by atoms with E-state index < -0.39 is 6.04 Å². The van der Waals surface area contributed by atoms with Crippen LogP contribution < -0.4 is 5.32 Å². The van der Waals surface area contributed by atoms with E-state index >= 15 is 0 Å². The molecule has 0 saturated carbocycles. The molecule has 138 valence electrons. The maximum Gasteiger partial charge on any atom is 0.242 e. The van der Waals surface area contributed by atoms with Gasteiger partial charge in [-0.2, -0.15) is 0 Å². The summed E-state index contributed by atoms with van der Waals surface area (Å²) >= 11 is 0. The number of rotatable bonds is 7. The highest BCUT2D eigenvalue weighted by atomic mass is 16.2. The molecule has 0 aliphatic rings. The van der Waals surface area contributed by atoms with Crippen LogP contribution in [0.25, 0.3) is 0 Å². The Hall–Kier alpha value is -2.62. The van der Waals surface area contributed by atoms with Crippen molar-refractivity contribution in [2.45, 2.75) is 46.2 Å². The van der Waals surface area contributed by atoms with Gasteiger partial charge in [0.25, 0.3) is 0 Å². The molecule has 0 radical (unpaired) electrons. The second-order valence-electron chi connectivity index (χ2n) is 6.71. The zero-order valence-electron chi connectivity index (χ0n) is 16.1. The molecule has 2 aromatic carbocycles. The number of benzene rings is 2. The fraction of sp³-hybridized carbons (Fsp3) is 0.364. The van der Waals surface area contributed by atoms with E-state index in [4.69, 9.17) is 0 Å². The maximum absolute atomic E-state index is 13.1. The molecular formula is C22H28N2O2. The molecule has 0 aliphatic heterocycles. The first-order valence-corrected chi connectivity index (χ1v) is 9.06. The van der Waals surface area contributed by atoms with Gasteiger partial charge in [-0.05, 0) is 31.4 Å². The molecule has 2 aromatic rings. The minimum absolute atomic E-state index is 0.0355. The van der Waals surface area contributed by atoms with Crippen LogP contribution in [0.2, 0.25) is 0 Å². The maximum atomic E-state index is 13.1. The van der Waals surface area contributed by atoms with Crippen molar-refractivity contribution in [3.05, 3.63) is 70.8 Å². The minimum atomic E-state index is -0.474. The summed E-state index contributed by atoms with van der Waals surface area (Å²) in [5.41, 5.74) is 4.29. The van der Waals surface area contributed by atoms with E-state index in [0.29, 0.717) is 19.4 Å². The minimum Gasteiger partial charge on any atom is -0.357 e. The van der Waals surface area contributed by atoms with Gasteiger partial charge in [-0.3, -0.25) is 9.59 Å². The molecule has 0 spiro atoms. The standard InChI is InChI=1S/C22H28N2O2/c1-5-20(22(26)23-4)24(15-18-11-9-16(2)10-12-18)21(25)14-19-8-6-7-17(3)13-19/h6-13,20H,5,14-15H2,1-4H3,(H,23,26). The van der Waals surface area contributed by atoms with Crippen molar-refractivity contribution in [3.8, 4) is 0 Å². The Bertz CT molecular complexity index is 753. The van der Waals surface area contributed by atoms with Gasteiger partial charge in [0.1, 0.15) is 6.04 Å². The Kier molecular flexibility index (Phi) is 6.96. The first-order valence-electron chi connectivity index (χ1n) is 9.06. The highest BCUT2D eigenvalue weighted by Crippen LogP contribution is 2.15. The first kappa shape index (κ1) is 19.7. The average molecular weight is 352 g/mol. The number of carbonyl (C=O) groups excluding carboxylic acids is 2. The molecule has 0 aromatic heterocycles. The summed E-state index contributed by atoms with van der Waals surface area (Å²) in [4.78, 5) is 27.1. The molecule has 0 saturated heterocycles. The molecule has 0 heterocycles. The van der Waals surface area contributed by atoms with Crippen LogP contribution in [-0.4, -0.2) is 29.8 Å². The van der Waals surface area contributed by atoms with Gasteiger partial charge in [-0.1, -0.05) is 66.6 Å². The van der Waals surface area contributed by atoms with Crippen molar-refractivity contribution in [2.24, 2.45) is 0 Å². The van der Waals surface area contributed by atoms with Gasteiger partial charge in [-0.15, -0.1) is 0 Å². The van der Waals surface area contributed by atoms with Crippen LogP contribution >= 0.6 is 0 Å². The average Bonchev–Trinajstić information content (AvgIpc) is 2.62. The fourth-order valence-electron chi connectivity index (χ4n) is 3.07. The Balaban J connectivity index is 2.27. The molecule has 4 nitrogen and oxygen atoms in total. The van der Waals surface area contributed by atoms with Gasteiger partial charge in [0.15, 0.2) is 0 Å². The van der Waals surface area contributed by atoms with Gasteiger partial charge in [0.2, 0.25) is 11.8 Å². The SMILES string of the molecule is CCC(C(=O)NC)N(Cc1ccc(C)cc1)C(=O)Cc1cccc(C)c1. The van der Waals surface area contributed by atoms with Crippen LogP contribution in [0.1, 0.15) is 35.6 Å². The summed E-state index contributed by atoms with van der Waals surface area (Å²) in [7, 11) is 1.61. The van der Waals surface area contributed by atoms with Gasteiger partial charge < -0.3 is 10.2 Å². The van der Waals surface area contributed by atoms with E-state index in [0.717, 1.165) is 16.7 Å². The van der Waals surface area contributed by atoms with Crippen LogP contribution in [0.4, 0.5) is 0 Å². The van der Waals surface area contributed by atoms with Gasteiger partial charge in [0.05, 0.1) is 6.42 Å². The quantitative estimate of drug-likeness (QED) is 0.830. The second kappa shape index (κ2) is 9.18. The van der Waals surface area contributed by atoms with Crippen LogP contribution in [0, 0.1) is 13.8 Å². The van der Waals surface area contributed by atoms with Crippen LogP contribution in [0.5, 0.6) is 0 Å². The zero-order valence-corrected chi connectivity index (χ0v) is 16.1. The molecule has 0 bridgehead atoms. The van der Waals surface area contributed by atoms with E-state index in [9.17, 15) is 9.59 Å². The molecule has 26 heavy (non-hydrogen) atoms. The van der Waals surface area contributed by atoms with Crippen molar-refractivity contribution in [1.29, 1.82) is 0 Å². The fourth-order valence-corrected chi connectivity index (χ4v) is 3.07. The van der Waals surface area contributed by atoms with E-state index in [1.807, 2.05) is 69.3 Å². The number of aryl methyl sites for hydroxylation is 2. The van der Waals surface area contributed by atoms with Crippen LogP contribution in [0.15, 0.2) is 48.5 Å². The lowest BCUT2D eigenvalue weighted by Gasteiger charge is -2.30. The van der Waals surface area contributed by atoms with Crippen LogP contribution in [-0.2, 0) is 22.6 Å². The Morgan fingerprint density at radius 3 is 2.27 bits per heavy atom. The largest absolute Gasteiger partial charge is 0.357 e. The predicted molar refractivity (Wildman–Crippen MR) is 105 cm³/mol. The second-order valence-corrected chi connectivity index (χ2v) is 6.71. The molecule has 0 fully saturated rings. The highest BCUT2D eigenvalue weighted by molar-refractivity contribution is 5.88. The van der Waals surface area contributed by atoms with Crippen molar-refractivity contribution in [1.82, 2.24) is 10.2 Å². The summed E-state index contributed by atoms with van der Waals surface area (Å²) in [5, 5.41) is 2.69. The van der Waals surface area contributed by atoms with Crippen molar-refractivity contribution in [3.63, 3.8) is 0 Å². The van der Waals surface area contributed by atoms with E-state index in [-0.39, 0.29) is 11.8 Å². The molecule has 0 aliphatic carbocycles. The summed E-state index contributed by atoms with van der Waals surface area (Å²) in [5.74, 6) is -0.163. The van der Waals surface area contributed by atoms with Gasteiger partial charge >= 0.3 is 0 Å². The lowest BCUT2D eigenvalue weighted by Crippen LogP contribution is -2.48. The summed E-state index contributed by atoms with van der Waals surface area (Å²) < 4.78 is 0. The topological polar surface area (TPSA) is 49.4 Å². The molecule has 1 N–H and O–H groups in total. The smallest absolute Gasteiger partial charge is 0.242 e. The number of amides is 2. The van der Waals surface area contributed by atoms with Gasteiger partial charge in [0, 0.05) is 13.6 Å². The third-order valence-corrected chi connectivity index (χ3v) is 4.54. The number of likely N-dealkylation sites (N-methyl/N-ethyl adjacent to an activating group) is 1. The molecule has 1 atom stereocenters. The molecular weight excluding hydrogens is 324 g/mol. The first-order chi connectivity index (χ1) is 12.4. The van der Waals surface area contributed by atoms with Gasteiger partial charge in [-0.25, -0.2) is 0 Å². The summed E-state index contributed by atoms with van der Waals surface area (Å²) in [6, 6.07) is 15.5. The van der Waals surface area contributed by atoms with Crippen LogP contribution in [0.3, 0.4) is 0 Å². The predicted octanol–water partition coefficient (Wildman–Crippen LogP) is 3.40. The lowest BCUT2D eigenvalue weighted by molar-refractivity contribution is -0.140. The number of carbonyl (C=O) groups is 2. The summed E-state index contributed by atoms with van der Waals surface area (Å²) in [6.45, 7) is 6.40. The zero-order chi connectivity index (χ0) is 19.1. The lowest BCUT2D eigenvalue weighted by atomic mass is 10.0. The van der Waals surface area contributed by atoms with Crippen molar-refractivity contribution < 1.29 is 9.59 Å². The Morgan fingerprint density at radius 1 is 1.00 bits per heavy atom.